The van der Waals surface area contributed by atoms with E-state index in [9.17, 15) is 24.9 Å². The molecule has 3 N–H and O–H groups in total. The summed E-state index contributed by atoms with van der Waals surface area (Å²) in [5.41, 5.74) is -6.81. The molecular formula is C22H28F2O5. The lowest BCUT2D eigenvalue weighted by molar-refractivity contribution is -0.223. The second-order valence-corrected chi connectivity index (χ2v) is 9.84. The molecule has 5 nitrogen and oxygen atoms in total. The van der Waals surface area contributed by atoms with Crippen LogP contribution in [-0.2, 0) is 9.59 Å². The molecule has 0 heterocycles. The average Bonchev–Trinajstić information content (AvgIpc) is 2.86. The molecule has 0 amide bonds. The first-order valence-electron chi connectivity index (χ1n) is 10.2. The van der Waals surface area contributed by atoms with Crippen molar-refractivity contribution in [1.29, 1.82) is 0 Å². The van der Waals surface area contributed by atoms with Gasteiger partial charge < -0.3 is 15.3 Å². The van der Waals surface area contributed by atoms with Gasteiger partial charge in [-0.25, -0.2) is 8.78 Å². The quantitative estimate of drug-likeness (QED) is 0.646. The van der Waals surface area contributed by atoms with Crippen molar-refractivity contribution in [2.75, 3.05) is 6.61 Å². The fraction of sp³-hybridized carbons (Fsp3) is 0.727. The van der Waals surface area contributed by atoms with Crippen molar-refractivity contribution < 1.29 is 33.7 Å². The Morgan fingerprint density at radius 3 is 2.55 bits per heavy atom. The molecule has 0 aromatic rings. The number of aliphatic hydroxyl groups excluding tert-OH is 2. The number of allylic oxidation sites excluding steroid dienone is 4. The minimum Gasteiger partial charge on any atom is -0.390 e. The summed E-state index contributed by atoms with van der Waals surface area (Å²) in [6.45, 7) is 3.96. The van der Waals surface area contributed by atoms with E-state index in [4.69, 9.17) is 0 Å². The van der Waals surface area contributed by atoms with Gasteiger partial charge in [-0.1, -0.05) is 19.9 Å². The molecule has 0 spiro atoms. The number of halogens is 2. The van der Waals surface area contributed by atoms with Crippen LogP contribution in [0.4, 0.5) is 8.78 Å². The fourth-order valence-corrected chi connectivity index (χ4v) is 7.25. The van der Waals surface area contributed by atoms with Gasteiger partial charge in [0.05, 0.1) is 6.10 Å². The van der Waals surface area contributed by atoms with E-state index in [1.54, 1.807) is 13.8 Å². The zero-order valence-electron chi connectivity index (χ0n) is 16.9. The zero-order valence-corrected chi connectivity index (χ0v) is 16.9. The van der Waals surface area contributed by atoms with E-state index >= 15 is 8.78 Å². The number of fused-ring (bicyclic) bond motifs is 5. The maximum Gasteiger partial charge on any atom is 0.190 e. The summed E-state index contributed by atoms with van der Waals surface area (Å²) in [6, 6.07) is 0. The van der Waals surface area contributed by atoms with Gasteiger partial charge in [0.25, 0.3) is 0 Å². The Kier molecular flexibility index (Phi) is 4.34. The first kappa shape index (κ1) is 20.8. The second-order valence-electron chi connectivity index (χ2n) is 9.84. The molecule has 4 aliphatic rings. The van der Waals surface area contributed by atoms with Crippen LogP contribution in [-0.4, -0.2) is 57.0 Å². The predicted molar refractivity (Wildman–Crippen MR) is 100 cm³/mol. The molecule has 1 unspecified atom stereocenters. The monoisotopic (exact) mass is 410 g/mol. The Hall–Kier alpha value is -1.44. The van der Waals surface area contributed by atoms with Crippen molar-refractivity contribution in [2.24, 2.45) is 28.6 Å². The number of carbonyl (C=O) groups is 2. The molecule has 0 saturated heterocycles. The van der Waals surface area contributed by atoms with Crippen LogP contribution in [0, 0.1) is 28.6 Å². The van der Waals surface area contributed by atoms with E-state index in [1.807, 2.05) is 0 Å². The predicted octanol–water partition coefficient (Wildman–Crippen LogP) is 1.84. The molecule has 0 bridgehead atoms. The van der Waals surface area contributed by atoms with Crippen LogP contribution in [0.25, 0.3) is 0 Å². The van der Waals surface area contributed by atoms with Crippen LogP contribution in [0.3, 0.4) is 0 Å². The van der Waals surface area contributed by atoms with Crippen molar-refractivity contribution in [3.8, 4) is 0 Å². The van der Waals surface area contributed by atoms with Crippen molar-refractivity contribution in [1.82, 2.24) is 0 Å². The van der Waals surface area contributed by atoms with Gasteiger partial charge >= 0.3 is 0 Å². The highest BCUT2D eigenvalue weighted by Crippen LogP contribution is 2.70. The average molecular weight is 410 g/mol. The van der Waals surface area contributed by atoms with E-state index < -0.39 is 70.3 Å². The minimum atomic E-state index is -2.24. The number of alkyl halides is 2. The largest absolute Gasteiger partial charge is 0.390 e. The Balaban J connectivity index is 1.87. The lowest BCUT2D eigenvalue weighted by Crippen LogP contribution is -2.70. The first-order valence-corrected chi connectivity index (χ1v) is 10.2. The Labute approximate surface area is 168 Å². The van der Waals surface area contributed by atoms with Crippen LogP contribution in [0.1, 0.15) is 40.0 Å². The highest BCUT2D eigenvalue weighted by atomic mass is 19.1. The maximum absolute atomic E-state index is 16.9. The summed E-state index contributed by atoms with van der Waals surface area (Å²) in [5.74, 6) is -3.24. The Bertz CT molecular complexity index is 839. The summed E-state index contributed by atoms with van der Waals surface area (Å²) in [6.07, 6.45) is 0.427. The normalized spacial score (nSPS) is 53.7. The summed E-state index contributed by atoms with van der Waals surface area (Å²) in [4.78, 5) is 24.3. The second kappa shape index (κ2) is 6.05. The number of ketones is 2. The molecule has 160 valence electrons. The maximum atomic E-state index is 16.9. The molecule has 29 heavy (non-hydrogen) atoms. The number of rotatable bonds is 2. The lowest BCUT2D eigenvalue weighted by Gasteiger charge is -2.63. The molecule has 3 fully saturated rings. The van der Waals surface area contributed by atoms with Gasteiger partial charge in [-0.2, -0.15) is 0 Å². The zero-order chi connectivity index (χ0) is 21.6. The van der Waals surface area contributed by atoms with Crippen molar-refractivity contribution >= 4 is 11.6 Å². The third-order valence-electron chi connectivity index (χ3n) is 8.78. The van der Waals surface area contributed by atoms with E-state index in [0.29, 0.717) is 0 Å². The minimum absolute atomic E-state index is 0.0409. The Morgan fingerprint density at radius 2 is 1.93 bits per heavy atom. The fourth-order valence-electron chi connectivity index (χ4n) is 7.25. The van der Waals surface area contributed by atoms with Gasteiger partial charge in [0, 0.05) is 16.7 Å². The summed E-state index contributed by atoms with van der Waals surface area (Å²) < 4.78 is 32.1. The Morgan fingerprint density at radius 1 is 1.28 bits per heavy atom. The van der Waals surface area contributed by atoms with Crippen LogP contribution in [0.2, 0.25) is 0 Å². The topological polar surface area (TPSA) is 94.8 Å². The number of hydrogen-bond donors (Lipinski definition) is 3. The number of hydrogen-bond acceptors (Lipinski definition) is 5. The number of Topliss-reactive ketones (excluding diaryl/α,β-unsaturated/α-hetero) is 1. The third kappa shape index (κ3) is 2.19. The molecule has 9 atom stereocenters. The van der Waals surface area contributed by atoms with Gasteiger partial charge in [0.1, 0.15) is 18.4 Å². The molecular weight excluding hydrogens is 382 g/mol. The molecule has 4 rings (SSSR count). The summed E-state index contributed by atoms with van der Waals surface area (Å²) >= 11 is 0. The molecule has 0 aromatic heterocycles. The number of aliphatic hydroxyl groups is 3. The molecule has 0 aromatic carbocycles. The van der Waals surface area contributed by atoms with Crippen LogP contribution in [0.15, 0.2) is 23.8 Å². The van der Waals surface area contributed by atoms with Crippen molar-refractivity contribution in [2.45, 2.75) is 63.6 Å². The van der Waals surface area contributed by atoms with Crippen molar-refractivity contribution in [3.63, 3.8) is 0 Å². The molecule has 3 saturated carbocycles. The molecule has 0 radical (unpaired) electrons. The van der Waals surface area contributed by atoms with Gasteiger partial charge in [-0.05, 0) is 55.7 Å². The van der Waals surface area contributed by atoms with Gasteiger partial charge in [0.15, 0.2) is 17.2 Å². The van der Waals surface area contributed by atoms with Gasteiger partial charge in [-0.3, -0.25) is 9.59 Å². The highest BCUT2D eigenvalue weighted by Gasteiger charge is 2.76. The SMILES string of the molecule is C[C@@H]1C[C@H]2C3C[C@H](F)C4=CC(=O)C=C[C@]4(C)[C@@]3(F)[C@@H](O)C[C@]2(C)[C@@]1(O)C(=O)CO. The lowest BCUT2D eigenvalue weighted by atomic mass is 9.44. The third-order valence-corrected chi connectivity index (χ3v) is 8.78. The van der Waals surface area contributed by atoms with E-state index in [-0.39, 0.29) is 24.8 Å². The standard InChI is InChI=1S/C22H28F2O5/c1-11-6-13-14-8-16(23)15-7-12(26)4-5-19(15,2)21(14,24)17(27)9-20(13,3)22(11,29)18(28)10-25/h4-5,7,11,13-14,16-17,25,27,29H,6,8-10H2,1-3H3/t11-,13+,14?,16+,17+,19+,20+,21+,22+/m1/s1. The summed E-state index contributed by atoms with van der Waals surface area (Å²) in [5, 5.41) is 31.9. The van der Waals surface area contributed by atoms with Crippen LogP contribution in [0.5, 0.6) is 0 Å². The first-order chi connectivity index (χ1) is 13.4. The van der Waals surface area contributed by atoms with E-state index in [2.05, 4.69) is 0 Å². The van der Waals surface area contributed by atoms with Crippen molar-refractivity contribution in [3.05, 3.63) is 23.8 Å². The van der Waals surface area contributed by atoms with Crippen LogP contribution >= 0.6 is 0 Å². The van der Waals surface area contributed by atoms with E-state index in [1.165, 1.54) is 19.1 Å². The van der Waals surface area contributed by atoms with E-state index in [0.717, 1.165) is 6.08 Å². The molecule has 7 heteroatoms. The van der Waals surface area contributed by atoms with Gasteiger partial charge in [-0.15, -0.1) is 0 Å². The molecule has 0 aliphatic heterocycles. The van der Waals surface area contributed by atoms with Gasteiger partial charge in [0.2, 0.25) is 0 Å². The summed E-state index contributed by atoms with van der Waals surface area (Å²) in [7, 11) is 0. The van der Waals surface area contributed by atoms with Crippen LogP contribution < -0.4 is 0 Å². The smallest absolute Gasteiger partial charge is 0.190 e. The number of carbonyl (C=O) groups excluding carboxylic acids is 2. The molecule has 4 aliphatic carbocycles. The highest BCUT2D eigenvalue weighted by molar-refractivity contribution is 6.01.